The molecule has 0 heterocycles. The number of ether oxygens (including phenoxy) is 2. The molecule has 0 unspecified atom stereocenters. The van der Waals surface area contributed by atoms with Crippen LogP contribution in [0.4, 0.5) is 13.2 Å². The number of alkyl halides is 3. The van der Waals surface area contributed by atoms with Crippen LogP contribution >= 0.6 is 0 Å². The molecule has 0 saturated carbocycles. The molecule has 3 rings (SSSR count). The average molecular weight is 461 g/mol. The molecule has 0 spiro atoms. The normalized spacial score (nSPS) is 11.8. The van der Waals surface area contributed by atoms with Crippen molar-refractivity contribution in [2.24, 2.45) is 0 Å². The van der Waals surface area contributed by atoms with E-state index in [1.165, 1.54) is 26.0 Å². The van der Waals surface area contributed by atoms with E-state index in [1.54, 1.807) is 24.3 Å². The van der Waals surface area contributed by atoms with E-state index < -0.39 is 29.2 Å². The van der Waals surface area contributed by atoms with Gasteiger partial charge >= 0.3 is 12.1 Å². The van der Waals surface area contributed by atoms with Gasteiger partial charge in [-0.1, -0.05) is 30.3 Å². The van der Waals surface area contributed by atoms with Crippen LogP contribution in [0.3, 0.4) is 0 Å². The molecule has 0 radical (unpaired) electrons. The van der Waals surface area contributed by atoms with E-state index in [0.717, 1.165) is 17.5 Å². The second kappa shape index (κ2) is 9.40. The number of fused-ring (bicyclic) bond motifs is 1. The number of amides is 1. The number of rotatable bonds is 8. The molecular formula is C24H22F3NO5. The quantitative estimate of drug-likeness (QED) is 0.466. The molecule has 9 heteroatoms. The number of carboxylic acids is 1. The molecule has 0 aliphatic heterocycles. The Morgan fingerprint density at radius 1 is 0.909 bits per heavy atom. The van der Waals surface area contributed by atoms with Gasteiger partial charge in [0.15, 0.2) is 0 Å². The van der Waals surface area contributed by atoms with E-state index in [2.05, 4.69) is 5.32 Å². The summed E-state index contributed by atoms with van der Waals surface area (Å²) in [6.45, 7) is 2.74. The van der Waals surface area contributed by atoms with Gasteiger partial charge in [-0.15, -0.1) is 0 Å². The van der Waals surface area contributed by atoms with E-state index >= 15 is 0 Å². The number of benzene rings is 3. The molecule has 3 aromatic carbocycles. The maximum absolute atomic E-state index is 12.8. The lowest BCUT2D eigenvalue weighted by atomic mass is 10.0. The lowest BCUT2D eigenvalue weighted by Crippen LogP contribution is -2.49. The van der Waals surface area contributed by atoms with Crippen molar-refractivity contribution >= 4 is 22.6 Å². The van der Waals surface area contributed by atoms with Crippen LogP contribution in [0.25, 0.3) is 10.8 Å². The van der Waals surface area contributed by atoms with Gasteiger partial charge in [0.05, 0.1) is 11.1 Å². The summed E-state index contributed by atoms with van der Waals surface area (Å²) in [7, 11) is 0. The van der Waals surface area contributed by atoms with Gasteiger partial charge in [-0.05, 0) is 49.6 Å². The zero-order valence-electron chi connectivity index (χ0n) is 17.9. The van der Waals surface area contributed by atoms with E-state index in [0.29, 0.717) is 5.39 Å². The molecule has 0 bridgehead atoms. The van der Waals surface area contributed by atoms with Crippen LogP contribution in [0.2, 0.25) is 0 Å². The maximum Gasteiger partial charge on any atom is 0.416 e. The molecule has 1 amide bonds. The van der Waals surface area contributed by atoms with E-state index in [4.69, 9.17) is 9.47 Å². The van der Waals surface area contributed by atoms with Crippen LogP contribution in [0.1, 0.15) is 29.8 Å². The summed E-state index contributed by atoms with van der Waals surface area (Å²) in [5.74, 6) is -1.32. The SMILES string of the molecule is CC(C)(NC(=O)c1ccc2ccccc2c1OCCOc1ccc(C(F)(F)F)cc1)C(=O)O. The van der Waals surface area contributed by atoms with Crippen LogP contribution in [0.15, 0.2) is 60.7 Å². The van der Waals surface area contributed by atoms with Gasteiger partial charge in [-0.2, -0.15) is 13.2 Å². The Morgan fingerprint density at radius 3 is 2.18 bits per heavy atom. The third-order valence-electron chi connectivity index (χ3n) is 4.87. The van der Waals surface area contributed by atoms with Crippen molar-refractivity contribution in [1.82, 2.24) is 5.32 Å². The van der Waals surface area contributed by atoms with E-state index in [1.807, 2.05) is 12.1 Å². The number of carbonyl (C=O) groups is 2. The molecule has 174 valence electrons. The topological polar surface area (TPSA) is 84.9 Å². The van der Waals surface area contributed by atoms with Gasteiger partial charge < -0.3 is 19.9 Å². The molecule has 0 atom stereocenters. The molecule has 0 aromatic heterocycles. The number of hydrogen-bond donors (Lipinski definition) is 2. The zero-order chi connectivity index (χ0) is 24.2. The van der Waals surface area contributed by atoms with Crippen LogP contribution in [-0.4, -0.2) is 35.7 Å². The highest BCUT2D eigenvalue weighted by Gasteiger charge is 2.31. The first-order valence-electron chi connectivity index (χ1n) is 9.99. The summed E-state index contributed by atoms with van der Waals surface area (Å²) >= 11 is 0. The van der Waals surface area contributed by atoms with Crippen molar-refractivity contribution in [3.8, 4) is 11.5 Å². The first-order chi connectivity index (χ1) is 15.5. The molecule has 0 aliphatic rings. The standard InChI is InChI=1S/C24H22F3NO5/c1-23(2,22(30)31)28-21(29)19-12-7-15-5-3-4-6-18(15)20(19)33-14-13-32-17-10-8-16(9-11-17)24(25,26)27/h3-12H,13-14H2,1-2H3,(H,28,29)(H,30,31). The molecule has 2 N–H and O–H groups in total. The largest absolute Gasteiger partial charge is 0.490 e. The summed E-state index contributed by atoms with van der Waals surface area (Å²) in [6.07, 6.45) is -4.43. The number of aliphatic carboxylic acids is 1. The maximum atomic E-state index is 12.8. The Balaban J connectivity index is 1.75. The predicted molar refractivity (Wildman–Crippen MR) is 116 cm³/mol. The Bertz CT molecular complexity index is 1160. The number of halogens is 3. The summed E-state index contributed by atoms with van der Waals surface area (Å²) in [5.41, 5.74) is -2.12. The Labute approximate surface area is 187 Å². The van der Waals surface area contributed by atoms with E-state index in [-0.39, 0.29) is 30.3 Å². The van der Waals surface area contributed by atoms with Crippen LogP contribution in [0, 0.1) is 0 Å². The van der Waals surface area contributed by atoms with Gasteiger partial charge in [0, 0.05) is 5.39 Å². The number of hydrogen-bond acceptors (Lipinski definition) is 4. The first kappa shape index (κ1) is 23.9. The average Bonchev–Trinajstić information content (AvgIpc) is 2.75. The fourth-order valence-corrected chi connectivity index (χ4v) is 3.03. The monoisotopic (exact) mass is 461 g/mol. The summed E-state index contributed by atoms with van der Waals surface area (Å²) in [6, 6.07) is 14.8. The number of carboxylic acid groups (broad SMARTS) is 1. The third-order valence-corrected chi connectivity index (χ3v) is 4.87. The highest BCUT2D eigenvalue weighted by atomic mass is 19.4. The molecular weight excluding hydrogens is 439 g/mol. The highest BCUT2D eigenvalue weighted by Crippen LogP contribution is 2.31. The van der Waals surface area contributed by atoms with Crippen molar-refractivity contribution in [3.05, 3.63) is 71.8 Å². The van der Waals surface area contributed by atoms with Gasteiger partial charge in [0.2, 0.25) is 0 Å². The molecule has 0 aliphatic carbocycles. The summed E-state index contributed by atoms with van der Waals surface area (Å²) < 4.78 is 49.3. The zero-order valence-corrected chi connectivity index (χ0v) is 17.9. The van der Waals surface area contributed by atoms with Gasteiger partial charge in [-0.25, -0.2) is 4.79 Å². The Hall–Kier alpha value is -3.75. The van der Waals surface area contributed by atoms with Crippen molar-refractivity contribution in [1.29, 1.82) is 0 Å². The summed E-state index contributed by atoms with van der Waals surface area (Å²) in [5, 5.41) is 13.2. The van der Waals surface area contributed by atoms with Crippen LogP contribution in [0.5, 0.6) is 11.5 Å². The molecule has 0 fully saturated rings. The number of nitrogens with one attached hydrogen (secondary N) is 1. The van der Waals surface area contributed by atoms with Crippen molar-refractivity contribution in [3.63, 3.8) is 0 Å². The van der Waals surface area contributed by atoms with Gasteiger partial charge in [0.1, 0.15) is 30.3 Å². The number of carbonyl (C=O) groups excluding carboxylic acids is 1. The minimum atomic E-state index is -4.43. The lowest BCUT2D eigenvalue weighted by Gasteiger charge is -2.22. The smallest absolute Gasteiger partial charge is 0.416 e. The Morgan fingerprint density at radius 2 is 1.55 bits per heavy atom. The van der Waals surface area contributed by atoms with Crippen LogP contribution in [-0.2, 0) is 11.0 Å². The van der Waals surface area contributed by atoms with Crippen LogP contribution < -0.4 is 14.8 Å². The summed E-state index contributed by atoms with van der Waals surface area (Å²) in [4.78, 5) is 24.2. The molecule has 0 saturated heterocycles. The lowest BCUT2D eigenvalue weighted by molar-refractivity contribution is -0.143. The fourth-order valence-electron chi connectivity index (χ4n) is 3.03. The highest BCUT2D eigenvalue weighted by molar-refractivity contribution is 6.05. The second-order valence-corrected chi connectivity index (χ2v) is 7.77. The van der Waals surface area contributed by atoms with Crippen molar-refractivity contribution in [2.45, 2.75) is 25.6 Å². The van der Waals surface area contributed by atoms with E-state index in [9.17, 15) is 27.9 Å². The minimum absolute atomic E-state index is 0.00235. The Kier molecular flexibility index (Phi) is 6.81. The fraction of sp³-hybridized carbons (Fsp3) is 0.250. The van der Waals surface area contributed by atoms with Gasteiger partial charge in [0.25, 0.3) is 5.91 Å². The second-order valence-electron chi connectivity index (χ2n) is 7.77. The first-order valence-corrected chi connectivity index (χ1v) is 9.99. The molecule has 3 aromatic rings. The van der Waals surface area contributed by atoms with Crippen molar-refractivity contribution < 1.29 is 37.3 Å². The van der Waals surface area contributed by atoms with Crippen molar-refractivity contribution in [2.75, 3.05) is 13.2 Å². The molecule has 33 heavy (non-hydrogen) atoms. The minimum Gasteiger partial charge on any atom is -0.490 e. The third kappa shape index (κ3) is 5.74. The molecule has 6 nitrogen and oxygen atoms in total. The van der Waals surface area contributed by atoms with Gasteiger partial charge in [-0.3, -0.25) is 4.79 Å². The predicted octanol–water partition coefficient (Wildman–Crippen LogP) is 4.91.